The van der Waals surface area contributed by atoms with Gasteiger partial charge in [0, 0.05) is 0 Å². The highest BCUT2D eigenvalue weighted by Crippen LogP contribution is 2.34. The van der Waals surface area contributed by atoms with Crippen molar-refractivity contribution in [1.82, 2.24) is 10.6 Å². The van der Waals surface area contributed by atoms with Crippen molar-refractivity contribution in [3.63, 3.8) is 0 Å². The van der Waals surface area contributed by atoms with Crippen LogP contribution in [-0.4, -0.2) is 23.9 Å². The monoisotopic (exact) mass is 351 g/mol. The predicted octanol–water partition coefficient (Wildman–Crippen LogP) is 2.25. The van der Waals surface area contributed by atoms with Crippen molar-refractivity contribution in [3.8, 4) is 0 Å². The van der Waals surface area contributed by atoms with Crippen LogP contribution in [0.2, 0.25) is 0 Å². The first kappa shape index (κ1) is 18.1. The third-order valence-electron chi connectivity index (χ3n) is 5.02. The average molecular weight is 351 g/mol. The molecule has 1 heterocycles. The lowest BCUT2D eigenvalue weighted by Crippen LogP contribution is -2.51. The molecule has 0 aliphatic carbocycles. The smallest absolute Gasteiger partial charge is 0.237 e. The molecule has 1 fully saturated rings. The zero-order valence-corrected chi connectivity index (χ0v) is 14.9. The van der Waals surface area contributed by atoms with E-state index < -0.39 is 18.0 Å². The molecule has 1 aliphatic rings. The summed E-state index contributed by atoms with van der Waals surface area (Å²) in [7, 11) is 0. The van der Waals surface area contributed by atoms with Gasteiger partial charge in [-0.05, 0) is 36.8 Å². The van der Waals surface area contributed by atoms with E-state index in [2.05, 4.69) is 22.8 Å². The molecule has 0 spiro atoms. The molecule has 4 N–H and O–H groups in total. The first-order chi connectivity index (χ1) is 12.5. The van der Waals surface area contributed by atoms with E-state index in [0.29, 0.717) is 6.42 Å². The number of nitrogens with one attached hydrogen (secondary N) is 2. The summed E-state index contributed by atoms with van der Waals surface area (Å²) in [5, 5.41) is 6.23. The zero-order valence-electron chi connectivity index (χ0n) is 14.9. The molecule has 0 saturated carbocycles. The highest BCUT2D eigenvalue weighted by molar-refractivity contribution is 5.85. The fourth-order valence-electron chi connectivity index (χ4n) is 3.53. The van der Waals surface area contributed by atoms with E-state index in [1.54, 1.807) is 6.92 Å². The van der Waals surface area contributed by atoms with Gasteiger partial charge in [-0.15, -0.1) is 0 Å². The molecule has 4 atom stereocenters. The van der Waals surface area contributed by atoms with Crippen LogP contribution in [-0.2, 0) is 9.59 Å². The number of carbonyl (C=O) groups excluding carboxylic acids is 2. The lowest BCUT2D eigenvalue weighted by molar-refractivity contribution is -0.124. The topological polar surface area (TPSA) is 84.2 Å². The number of nitrogens with two attached hydrogens (primary N) is 1. The average Bonchev–Trinajstić information content (AvgIpc) is 2.82. The summed E-state index contributed by atoms with van der Waals surface area (Å²) >= 11 is 0. The van der Waals surface area contributed by atoms with Gasteiger partial charge in [-0.25, -0.2) is 0 Å². The second-order valence-electron chi connectivity index (χ2n) is 6.89. The van der Waals surface area contributed by atoms with Gasteiger partial charge in [-0.2, -0.15) is 0 Å². The summed E-state index contributed by atoms with van der Waals surface area (Å²) in [6.45, 7) is 1.69. The Bertz CT molecular complexity index is 748. The maximum Gasteiger partial charge on any atom is 0.237 e. The van der Waals surface area contributed by atoms with Crippen molar-refractivity contribution in [1.29, 1.82) is 0 Å². The second kappa shape index (κ2) is 8.15. The minimum Gasteiger partial charge on any atom is -0.368 e. The molecule has 0 radical (unpaired) electrons. The van der Waals surface area contributed by atoms with Crippen LogP contribution in [0.25, 0.3) is 0 Å². The molecule has 0 unspecified atom stereocenters. The van der Waals surface area contributed by atoms with Gasteiger partial charge < -0.3 is 11.1 Å². The van der Waals surface area contributed by atoms with E-state index in [-0.39, 0.29) is 17.9 Å². The molecule has 1 saturated heterocycles. The molecule has 136 valence electrons. The number of benzene rings is 2. The summed E-state index contributed by atoms with van der Waals surface area (Å²) in [5.74, 6) is -0.360. The van der Waals surface area contributed by atoms with Gasteiger partial charge in [0.15, 0.2) is 0 Å². The Hall–Kier alpha value is -2.66. The molecule has 0 aromatic heterocycles. The van der Waals surface area contributed by atoms with Crippen molar-refractivity contribution in [3.05, 3.63) is 71.8 Å². The van der Waals surface area contributed by atoms with E-state index in [0.717, 1.165) is 12.0 Å². The lowest BCUT2D eigenvalue weighted by atomic mass is 9.86. The summed E-state index contributed by atoms with van der Waals surface area (Å²) in [4.78, 5) is 24.2. The lowest BCUT2D eigenvalue weighted by Gasteiger charge is -2.22. The summed E-state index contributed by atoms with van der Waals surface area (Å²) in [6.07, 6.45) is 1.43. The summed E-state index contributed by atoms with van der Waals surface area (Å²) < 4.78 is 0. The molecule has 5 heteroatoms. The van der Waals surface area contributed by atoms with Gasteiger partial charge >= 0.3 is 0 Å². The Kier molecular flexibility index (Phi) is 5.68. The molecule has 2 amide bonds. The van der Waals surface area contributed by atoms with Gasteiger partial charge in [0.1, 0.15) is 0 Å². The van der Waals surface area contributed by atoms with Gasteiger partial charge in [0.25, 0.3) is 0 Å². The third kappa shape index (κ3) is 4.29. The Labute approximate surface area is 154 Å². The van der Waals surface area contributed by atoms with Crippen molar-refractivity contribution >= 4 is 11.8 Å². The highest BCUT2D eigenvalue weighted by Gasteiger charge is 2.33. The van der Waals surface area contributed by atoms with Gasteiger partial charge in [0.2, 0.25) is 11.8 Å². The highest BCUT2D eigenvalue weighted by atomic mass is 16.2. The number of hydrogen-bond acceptors (Lipinski definition) is 3. The molecule has 0 bridgehead atoms. The van der Waals surface area contributed by atoms with Crippen LogP contribution in [0.5, 0.6) is 0 Å². The quantitative estimate of drug-likeness (QED) is 0.772. The Balaban J connectivity index is 1.89. The van der Waals surface area contributed by atoms with Gasteiger partial charge in [-0.1, -0.05) is 60.7 Å². The largest absolute Gasteiger partial charge is 0.368 e. The zero-order chi connectivity index (χ0) is 18.5. The molecular formula is C21H25N3O2. The minimum atomic E-state index is -0.560. The molecule has 3 rings (SSSR count). The predicted molar refractivity (Wildman–Crippen MR) is 101 cm³/mol. The van der Waals surface area contributed by atoms with Gasteiger partial charge in [0.05, 0.1) is 18.1 Å². The molecule has 1 aliphatic heterocycles. The van der Waals surface area contributed by atoms with E-state index in [9.17, 15) is 9.59 Å². The Morgan fingerprint density at radius 3 is 2.19 bits per heavy atom. The van der Waals surface area contributed by atoms with Crippen LogP contribution in [0.1, 0.15) is 42.9 Å². The van der Waals surface area contributed by atoms with Crippen molar-refractivity contribution in [2.45, 2.75) is 43.8 Å². The number of rotatable bonds is 5. The Morgan fingerprint density at radius 1 is 1.04 bits per heavy atom. The normalized spacial score (nSPS) is 24.3. The maximum absolute atomic E-state index is 12.8. The van der Waals surface area contributed by atoms with Crippen LogP contribution < -0.4 is 16.4 Å². The van der Waals surface area contributed by atoms with Crippen LogP contribution in [0, 0.1) is 0 Å². The number of hydrogen-bond donors (Lipinski definition) is 3. The number of primary amides is 1. The molecule has 5 nitrogen and oxygen atoms in total. The third-order valence-corrected chi connectivity index (χ3v) is 5.02. The molecule has 26 heavy (non-hydrogen) atoms. The first-order valence-electron chi connectivity index (χ1n) is 9.00. The SMILES string of the molecule is C[C@H](N[C@H]1C[C@@H](c2ccccc2)C[C@@H](c2ccccc2)NC1=O)C(N)=O. The van der Waals surface area contributed by atoms with E-state index in [4.69, 9.17) is 5.73 Å². The van der Waals surface area contributed by atoms with Crippen LogP contribution in [0.3, 0.4) is 0 Å². The van der Waals surface area contributed by atoms with Crippen molar-refractivity contribution in [2.24, 2.45) is 5.73 Å². The van der Waals surface area contributed by atoms with Crippen LogP contribution in [0.15, 0.2) is 60.7 Å². The van der Waals surface area contributed by atoms with E-state index in [1.807, 2.05) is 48.5 Å². The van der Waals surface area contributed by atoms with Gasteiger partial charge in [-0.3, -0.25) is 14.9 Å². The van der Waals surface area contributed by atoms with Crippen LogP contribution in [0.4, 0.5) is 0 Å². The maximum atomic E-state index is 12.8. The number of carbonyl (C=O) groups is 2. The van der Waals surface area contributed by atoms with Crippen LogP contribution >= 0.6 is 0 Å². The Morgan fingerprint density at radius 2 is 1.62 bits per heavy atom. The van der Waals surface area contributed by atoms with Crippen molar-refractivity contribution in [2.75, 3.05) is 0 Å². The summed E-state index contributed by atoms with van der Waals surface area (Å²) in [5.41, 5.74) is 7.65. The fourth-order valence-corrected chi connectivity index (χ4v) is 3.53. The molecule has 2 aromatic rings. The van der Waals surface area contributed by atoms with E-state index >= 15 is 0 Å². The number of amides is 2. The minimum absolute atomic E-state index is 0.0652. The summed E-state index contributed by atoms with van der Waals surface area (Å²) in [6, 6.07) is 19.1. The second-order valence-corrected chi connectivity index (χ2v) is 6.89. The molecular weight excluding hydrogens is 326 g/mol. The fraction of sp³-hybridized carbons (Fsp3) is 0.333. The molecule has 2 aromatic carbocycles. The van der Waals surface area contributed by atoms with E-state index in [1.165, 1.54) is 5.56 Å². The first-order valence-corrected chi connectivity index (χ1v) is 9.00. The standard InChI is InChI=1S/C21H25N3O2/c1-14(20(22)25)23-19-13-17(15-8-4-2-5-9-15)12-18(24-21(19)26)16-10-6-3-7-11-16/h2-11,14,17-19,23H,12-13H2,1H3,(H2,22,25)(H,24,26)/t14-,17-,18-,19-/m0/s1. The van der Waals surface area contributed by atoms with Crippen molar-refractivity contribution < 1.29 is 9.59 Å².